The van der Waals surface area contributed by atoms with E-state index in [9.17, 15) is 9.59 Å². The van der Waals surface area contributed by atoms with Crippen LogP contribution in [0.1, 0.15) is 21.5 Å². The van der Waals surface area contributed by atoms with Crippen molar-refractivity contribution >= 4 is 17.6 Å². The molecule has 0 radical (unpaired) electrons. The second kappa shape index (κ2) is 8.81. The van der Waals surface area contributed by atoms with Crippen molar-refractivity contribution in [2.75, 3.05) is 11.9 Å². The van der Waals surface area contributed by atoms with Gasteiger partial charge in [0.25, 0.3) is 5.91 Å². The summed E-state index contributed by atoms with van der Waals surface area (Å²) >= 11 is 0. The zero-order chi connectivity index (χ0) is 19.9. The van der Waals surface area contributed by atoms with Gasteiger partial charge in [0.15, 0.2) is 6.61 Å². The highest BCUT2D eigenvalue weighted by molar-refractivity contribution is 5.96. The highest BCUT2D eigenvalue weighted by atomic mass is 16.5. The maximum absolute atomic E-state index is 12.4. The third-order valence-electron chi connectivity index (χ3n) is 3.81. The maximum atomic E-state index is 12.4. The molecule has 1 aromatic heterocycles. The van der Waals surface area contributed by atoms with Gasteiger partial charge in [0.05, 0.1) is 6.20 Å². The van der Waals surface area contributed by atoms with E-state index in [2.05, 4.69) is 10.3 Å². The Morgan fingerprint density at radius 3 is 2.46 bits per heavy atom. The van der Waals surface area contributed by atoms with Crippen molar-refractivity contribution < 1.29 is 19.1 Å². The van der Waals surface area contributed by atoms with Gasteiger partial charge in [-0.1, -0.05) is 18.2 Å². The van der Waals surface area contributed by atoms with Gasteiger partial charge in [-0.25, -0.2) is 4.79 Å². The van der Waals surface area contributed by atoms with E-state index >= 15 is 0 Å². The van der Waals surface area contributed by atoms with Gasteiger partial charge in [-0.2, -0.15) is 0 Å². The van der Waals surface area contributed by atoms with Crippen molar-refractivity contribution in [1.82, 2.24) is 4.98 Å². The number of carbonyl (C=O) groups is 2. The molecule has 0 fully saturated rings. The van der Waals surface area contributed by atoms with Crippen molar-refractivity contribution in [3.63, 3.8) is 0 Å². The van der Waals surface area contributed by atoms with Crippen LogP contribution in [0, 0.1) is 13.8 Å². The van der Waals surface area contributed by atoms with Crippen molar-refractivity contribution in [1.29, 1.82) is 0 Å². The Hall–Kier alpha value is -3.67. The molecule has 0 saturated carbocycles. The average Bonchev–Trinajstić information content (AvgIpc) is 2.66. The smallest absolute Gasteiger partial charge is 0.342 e. The Morgan fingerprint density at radius 2 is 1.75 bits per heavy atom. The Kier molecular flexibility index (Phi) is 6.01. The van der Waals surface area contributed by atoms with Gasteiger partial charge < -0.3 is 14.8 Å². The normalized spacial score (nSPS) is 10.2. The summed E-state index contributed by atoms with van der Waals surface area (Å²) in [6, 6.07) is 15.8. The lowest BCUT2D eigenvalue weighted by Gasteiger charge is -2.11. The third-order valence-corrected chi connectivity index (χ3v) is 3.81. The monoisotopic (exact) mass is 376 g/mol. The molecule has 3 rings (SSSR count). The molecule has 1 amide bonds. The number of anilines is 1. The zero-order valence-corrected chi connectivity index (χ0v) is 15.6. The minimum atomic E-state index is -0.643. The second-order valence-electron chi connectivity index (χ2n) is 6.29. The topological polar surface area (TPSA) is 77.5 Å². The van der Waals surface area contributed by atoms with Crippen LogP contribution in [0.5, 0.6) is 11.5 Å². The lowest BCUT2D eigenvalue weighted by Crippen LogP contribution is -2.21. The number of ether oxygens (including phenoxy) is 2. The number of carbonyl (C=O) groups excluding carboxylic acids is 2. The molecule has 0 aliphatic carbocycles. The number of para-hydroxylation sites is 1. The summed E-state index contributed by atoms with van der Waals surface area (Å²) in [7, 11) is 0. The molecule has 2 aromatic carbocycles. The summed E-state index contributed by atoms with van der Waals surface area (Å²) < 4.78 is 10.8. The van der Waals surface area contributed by atoms with E-state index in [4.69, 9.17) is 9.47 Å². The molecule has 3 aromatic rings. The number of pyridine rings is 1. The molecular weight excluding hydrogens is 356 g/mol. The SMILES string of the molecule is Cc1cc(C)cc(NC(=O)COC(=O)c2ccccc2Oc2cccnc2)c1. The zero-order valence-electron chi connectivity index (χ0n) is 15.6. The molecule has 0 aliphatic heterocycles. The molecule has 0 unspecified atom stereocenters. The van der Waals surface area contributed by atoms with Crippen LogP contribution in [0.3, 0.4) is 0 Å². The van der Waals surface area contributed by atoms with Crippen molar-refractivity contribution in [3.05, 3.63) is 83.7 Å². The largest absolute Gasteiger partial charge is 0.455 e. The van der Waals surface area contributed by atoms with Gasteiger partial charge in [0.1, 0.15) is 17.1 Å². The van der Waals surface area contributed by atoms with Crippen LogP contribution in [0.25, 0.3) is 0 Å². The summed E-state index contributed by atoms with van der Waals surface area (Å²) in [5.41, 5.74) is 2.96. The van der Waals surface area contributed by atoms with Gasteiger partial charge in [-0.15, -0.1) is 0 Å². The fourth-order valence-electron chi connectivity index (χ4n) is 2.71. The number of esters is 1. The van der Waals surface area contributed by atoms with Crippen LogP contribution in [0.15, 0.2) is 67.0 Å². The Bertz CT molecular complexity index is 967. The molecule has 0 saturated heterocycles. The molecule has 6 nitrogen and oxygen atoms in total. The first-order valence-corrected chi connectivity index (χ1v) is 8.73. The lowest BCUT2D eigenvalue weighted by molar-refractivity contribution is -0.119. The minimum Gasteiger partial charge on any atom is -0.455 e. The van der Waals surface area contributed by atoms with Gasteiger partial charge in [0.2, 0.25) is 0 Å². The predicted octanol–water partition coefficient (Wildman–Crippen LogP) is 4.29. The van der Waals surface area contributed by atoms with E-state index in [-0.39, 0.29) is 5.56 Å². The summed E-state index contributed by atoms with van der Waals surface area (Å²) in [4.78, 5) is 28.5. The van der Waals surface area contributed by atoms with Crippen LogP contribution < -0.4 is 10.1 Å². The molecular formula is C22H20N2O4. The standard InChI is InChI=1S/C22H20N2O4/c1-15-10-16(2)12-17(11-15)24-21(25)14-27-22(26)19-7-3-4-8-20(19)28-18-6-5-9-23-13-18/h3-13H,14H2,1-2H3,(H,24,25). The summed E-state index contributed by atoms with van der Waals surface area (Å²) in [5.74, 6) is -0.232. The quantitative estimate of drug-likeness (QED) is 0.650. The third kappa shape index (κ3) is 5.17. The first kappa shape index (κ1) is 19.1. The maximum Gasteiger partial charge on any atom is 0.342 e. The summed E-state index contributed by atoms with van der Waals surface area (Å²) in [5, 5.41) is 2.73. The fourth-order valence-corrected chi connectivity index (χ4v) is 2.71. The van der Waals surface area contributed by atoms with Gasteiger partial charge in [-0.05, 0) is 61.4 Å². The first-order chi connectivity index (χ1) is 13.5. The Morgan fingerprint density at radius 1 is 1.00 bits per heavy atom. The van der Waals surface area contributed by atoms with Gasteiger partial charge in [0, 0.05) is 11.9 Å². The first-order valence-electron chi connectivity index (χ1n) is 8.73. The number of amides is 1. The molecule has 28 heavy (non-hydrogen) atoms. The summed E-state index contributed by atoms with van der Waals surface area (Å²) in [6.07, 6.45) is 3.17. The second-order valence-corrected chi connectivity index (χ2v) is 6.29. The van der Waals surface area contributed by atoms with Crippen LogP contribution >= 0.6 is 0 Å². The molecule has 0 atom stereocenters. The lowest BCUT2D eigenvalue weighted by atomic mass is 10.1. The number of hydrogen-bond acceptors (Lipinski definition) is 5. The highest BCUT2D eigenvalue weighted by Crippen LogP contribution is 2.25. The van der Waals surface area contributed by atoms with Crippen LogP contribution in [0.2, 0.25) is 0 Å². The number of nitrogens with one attached hydrogen (secondary N) is 1. The van der Waals surface area contributed by atoms with E-state index in [1.807, 2.05) is 32.0 Å². The Labute approximate surface area is 163 Å². The summed E-state index contributed by atoms with van der Waals surface area (Å²) in [6.45, 7) is 3.50. The number of aryl methyl sites for hydroxylation is 2. The molecule has 1 heterocycles. The Balaban J connectivity index is 1.62. The molecule has 0 bridgehead atoms. The average molecular weight is 376 g/mol. The molecule has 6 heteroatoms. The van der Waals surface area contributed by atoms with Crippen molar-refractivity contribution in [3.8, 4) is 11.5 Å². The number of nitrogens with zero attached hydrogens (tertiary/aromatic N) is 1. The van der Waals surface area contributed by atoms with Gasteiger partial charge in [-0.3, -0.25) is 9.78 Å². The van der Waals surface area contributed by atoms with E-state index in [0.29, 0.717) is 17.2 Å². The molecule has 0 aliphatic rings. The number of hydrogen-bond donors (Lipinski definition) is 1. The molecule has 142 valence electrons. The van der Waals surface area contributed by atoms with Crippen molar-refractivity contribution in [2.45, 2.75) is 13.8 Å². The van der Waals surface area contributed by atoms with Crippen LogP contribution in [-0.2, 0) is 9.53 Å². The van der Waals surface area contributed by atoms with Crippen molar-refractivity contribution in [2.24, 2.45) is 0 Å². The van der Waals surface area contributed by atoms with E-state index in [0.717, 1.165) is 11.1 Å². The predicted molar refractivity (Wildman–Crippen MR) is 106 cm³/mol. The molecule has 0 spiro atoms. The van der Waals surface area contributed by atoms with Crippen LogP contribution in [-0.4, -0.2) is 23.5 Å². The van der Waals surface area contributed by atoms with Gasteiger partial charge >= 0.3 is 5.97 Å². The van der Waals surface area contributed by atoms with E-state index in [1.165, 1.54) is 0 Å². The van der Waals surface area contributed by atoms with E-state index < -0.39 is 18.5 Å². The minimum absolute atomic E-state index is 0.227. The molecule has 1 N–H and O–H groups in total. The van der Waals surface area contributed by atoms with Crippen LogP contribution in [0.4, 0.5) is 5.69 Å². The number of benzene rings is 2. The van der Waals surface area contributed by atoms with E-state index in [1.54, 1.807) is 48.8 Å². The highest BCUT2D eigenvalue weighted by Gasteiger charge is 2.16. The fraction of sp³-hybridized carbons (Fsp3) is 0.136. The number of rotatable bonds is 6. The number of aromatic nitrogens is 1.